The number of carbonyl (C=O) groups excluding carboxylic acids is 1. The summed E-state index contributed by atoms with van der Waals surface area (Å²) in [6.07, 6.45) is 0.678. The molecule has 2 aromatic rings. The minimum Gasteiger partial charge on any atom is -0.493 e. The lowest BCUT2D eigenvalue weighted by molar-refractivity contribution is -0.154. The van der Waals surface area contributed by atoms with Crippen LogP contribution in [0.15, 0.2) is 48.5 Å². The van der Waals surface area contributed by atoms with Gasteiger partial charge in [0.15, 0.2) is 6.10 Å². The van der Waals surface area contributed by atoms with Crippen molar-refractivity contribution in [1.29, 1.82) is 0 Å². The molecule has 2 rings (SSSR count). The molecule has 0 heterocycles. The van der Waals surface area contributed by atoms with Crippen LogP contribution >= 0.6 is 22.6 Å². The van der Waals surface area contributed by atoms with Gasteiger partial charge < -0.3 is 18.9 Å². The summed E-state index contributed by atoms with van der Waals surface area (Å²) in [6, 6.07) is 15.6. The molecule has 27 heavy (non-hydrogen) atoms. The Labute approximate surface area is 174 Å². The predicted octanol–water partition coefficient (Wildman–Crippen LogP) is 4.26. The van der Waals surface area contributed by atoms with Gasteiger partial charge in [0.05, 0.1) is 19.8 Å². The molecule has 0 fully saturated rings. The van der Waals surface area contributed by atoms with Gasteiger partial charge in [-0.1, -0.05) is 12.1 Å². The standard InChI is InChI=1S/C21H25IO5/c1-3-25-21(23)20(24-2)15-16-5-9-18(10-6-16)26-13-4-14-27-19-11-7-17(22)8-12-19/h5-12,20H,3-4,13-15H2,1-2H3. The van der Waals surface area contributed by atoms with Gasteiger partial charge in [0.25, 0.3) is 0 Å². The fourth-order valence-corrected chi connectivity index (χ4v) is 2.76. The molecule has 0 amide bonds. The highest BCUT2D eigenvalue weighted by atomic mass is 127. The summed E-state index contributed by atoms with van der Waals surface area (Å²) in [5.74, 6) is 1.32. The fourth-order valence-electron chi connectivity index (χ4n) is 2.40. The molecule has 1 unspecified atom stereocenters. The third-order valence-corrected chi connectivity index (χ3v) is 4.54. The first-order chi connectivity index (χ1) is 13.1. The SMILES string of the molecule is CCOC(=O)C(Cc1ccc(OCCCOc2ccc(I)cc2)cc1)OC. The van der Waals surface area contributed by atoms with E-state index in [0.717, 1.165) is 23.5 Å². The number of benzene rings is 2. The fraction of sp³-hybridized carbons (Fsp3) is 0.381. The molecule has 146 valence electrons. The summed E-state index contributed by atoms with van der Waals surface area (Å²) in [4.78, 5) is 11.8. The first-order valence-electron chi connectivity index (χ1n) is 8.92. The van der Waals surface area contributed by atoms with Gasteiger partial charge in [0.1, 0.15) is 11.5 Å². The zero-order chi connectivity index (χ0) is 19.5. The third kappa shape index (κ3) is 7.76. The van der Waals surface area contributed by atoms with E-state index in [1.807, 2.05) is 48.5 Å². The van der Waals surface area contributed by atoms with Crippen LogP contribution in [0.2, 0.25) is 0 Å². The first-order valence-corrected chi connectivity index (χ1v) is 9.99. The lowest BCUT2D eigenvalue weighted by atomic mass is 10.1. The summed E-state index contributed by atoms with van der Waals surface area (Å²) in [6.45, 7) is 3.31. The van der Waals surface area contributed by atoms with Gasteiger partial charge in [-0.25, -0.2) is 4.79 Å². The first kappa shape index (κ1) is 21.5. The van der Waals surface area contributed by atoms with E-state index >= 15 is 0 Å². The maximum atomic E-state index is 11.8. The third-order valence-electron chi connectivity index (χ3n) is 3.82. The topological polar surface area (TPSA) is 54.0 Å². The number of methoxy groups -OCH3 is 1. The van der Waals surface area contributed by atoms with Crippen molar-refractivity contribution in [2.45, 2.75) is 25.9 Å². The lowest BCUT2D eigenvalue weighted by Crippen LogP contribution is -2.27. The van der Waals surface area contributed by atoms with E-state index in [2.05, 4.69) is 22.6 Å². The normalized spacial score (nSPS) is 11.7. The predicted molar refractivity (Wildman–Crippen MR) is 112 cm³/mol. The van der Waals surface area contributed by atoms with E-state index in [0.29, 0.717) is 26.2 Å². The second-order valence-electron chi connectivity index (χ2n) is 5.83. The van der Waals surface area contributed by atoms with Crippen molar-refractivity contribution >= 4 is 28.6 Å². The number of ether oxygens (including phenoxy) is 4. The van der Waals surface area contributed by atoms with Crippen molar-refractivity contribution in [3.63, 3.8) is 0 Å². The Balaban J connectivity index is 1.70. The van der Waals surface area contributed by atoms with Crippen molar-refractivity contribution in [2.75, 3.05) is 26.9 Å². The molecule has 2 aromatic carbocycles. The van der Waals surface area contributed by atoms with E-state index in [1.165, 1.54) is 10.7 Å². The van der Waals surface area contributed by atoms with E-state index in [9.17, 15) is 4.79 Å². The molecule has 0 bridgehead atoms. The van der Waals surface area contributed by atoms with Gasteiger partial charge >= 0.3 is 5.97 Å². The van der Waals surface area contributed by atoms with Crippen molar-refractivity contribution in [3.05, 3.63) is 57.7 Å². The molecule has 0 aliphatic heterocycles. The molecule has 0 aliphatic rings. The summed E-state index contributed by atoms with van der Waals surface area (Å²) in [5, 5.41) is 0. The highest BCUT2D eigenvalue weighted by molar-refractivity contribution is 14.1. The van der Waals surface area contributed by atoms with E-state index in [4.69, 9.17) is 18.9 Å². The maximum Gasteiger partial charge on any atom is 0.335 e. The van der Waals surface area contributed by atoms with Crippen LogP contribution in [0.3, 0.4) is 0 Å². The summed E-state index contributed by atoms with van der Waals surface area (Å²) in [5.41, 5.74) is 0.990. The second-order valence-corrected chi connectivity index (χ2v) is 7.07. The van der Waals surface area contributed by atoms with Crippen LogP contribution in [0.25, 0.3) is 0 Å². The summed E-state index contributed by atoms with van der Waals surface area (Å²) >= 11 is 2.27. The summed E-state index contributed by atoms with van der Waals surface area (Å²) in [7, 11) is 1.51. The maximum absolute atomic E-state index is 11.8. The van der Waals surface area contributed by atoms with E-state index in [-0.39, 0.29) is 5.97 Å². The van der Waals surface area contributed by atoms with Gasteiger partial charge in [-0.15, -0.1) is 0 Å². The van der Waals surface area contributed by atoms with Crippen molar-refractivity contribution in [2.24, 2.45) is 0 Å². The molecule has 0 spiro atoms. The Morgan fingerprint density at radius 2 is 1.52 bits per heavy atom. The number of hydrogen-bond donors (Lipinski definition) is 0. The van der Waals surface area contributed by atoms with Crippen LogP contribution in [-0.4, -0.2) is 39.0 Å². The smallest absolute Gasteiger partial charge is 0.335 e. The van der Waals surface area contributed by atoms with Crippen LogP contribution in [0.1, 0.15) is 18.9 Å². The van der Waals surface area contributed by atoms with Gasteiger partial charge in [-0.2, -0.15) is 0 Å². The van der Waals surface area contributed by atoms with Gasteiger partial charge in [0, 0.05) is 23.5 Å². The monoisotopic (exact) mass is 484 g/mol. The Hall–Kier alpha value is -1.80. The summed E-state index contributed by atoms with van der Waals surface area (Å²) < 4.78 is 22.8. The average Bonchev–Trinajstić information content (AvgIpc) is 2.68. The Morgan fingerprint density at radius 1 is 0.963 bits per heavy atom. The Bertz CT molecular complexity index is 685. The quantitative estimate of drug-likeness (QED) is 0.271. The molecule has 6 heteroatoms. The number of rotatable bonds is 11. The van der Waals surface area contributed by atoms with Crippen molar-refractivity contribution in [1.82, 2.24) is 0 Å². The molecule has 0 saturated carbocycles. The van der Waals surface area contributed by atoms with Crippen LogP contribution < -0.4 is 9.47 Å². The minimum atomic E-state index is -0.588. The molecule has 0 N–H and O–H groups in total. The highest BCUT2D eigenvalue weighted by Crippen LogP contribution is 2.16. The molecule has 0 saturated heterocycles. The zero-order valence-corrected chi connectivity index (χ0v) is 17.8. The van der Waals surface area contributed by atoms with Crippen LogP contribution in [0.4, 0.5) is 0 Å². The molecule has 0 radical (unpaired) electrons. The molecular formula is C21H25IO5. The largest absolute Gasteiger partial charge is 0.493 e. The van der Waals surface area contributed by atoms with Crippen LogP contribution in [-0.2, 0) is 20.7 Å². The molecular weight excluding hydrogens is 459 g/mol. The molecule has 1 atom stereocenters. The molecule has 0 aromatic heterocycles. The number of carbonyl (C=O) groups is 1. The number of halogens is 1. The number of hydrogen-bond acceptors (Lipinski definition) is 5. The highest BCUT2D eigenvalue weighted by Gasteiger charge is 2.19. The van der Waals surface area contributed by atoms with Gasteiger partial charge in [-0.3, -0.25) is 0 Å². The lowest BCUT2D eigenvalue weighted by Gasteiger charge is -2.14. The van der Waals surface area contributed by atoms with Crippen molar-refractivity contribution in [3.8, 4) is 11.5 Å². The molecule has 5 nitrogen and oxygen atoms in total. The minimum absolute atomic E-state index is 0.339. The number of esters is 1. The van der Waals surface area contributed by atoms with Crippen molar-refractivity contribution < 1.29 is 23.7 Å². The van der Waals surface area contributed by atoms with E-state index < -0.39 is 6.10 Å². The van der Waals surface area contributed by atoms with Crippen LogP contribution in [0.5, 0.6) is 11.5 Å². The van der Waals surface area contributed by atoms with Gasteiger partial charge in [-0.05, 0) is 71.5 Å². The average molecular weight is 484 g/mol. The zero-order valence-electron chi connectivity index (χ0n) is 15.7. The molecule has 0 aliphatic carbocycles. The van der Waals surface area contributed by atoms with Crippen LogP contribution in [0, 0.1) is 3.57 Å². The van der Waals surface area contributed by atoms with E-state index in [1.54, 1.807) is 6.92 Å². The second kappa shape index (κ2) is 11.8. The Morgan fingerprint density at radius 3 is 2.04 bits per heavy atom. The van der Waals surface area contributed by atoms with Gasteiger partial charge in [0.2, 0.25) is 0 Å². The Kier molecular flexibility index (Phi) is 9.41.